The third kappa shape index (κ3) is 4.50. The average Bonchev–Trinajstić information content (AvgIpc) is 2.35. The number of Topliss-reactive ketones (excluding diaryl/α,β-unsaturated/α-hetero) is 1. The maximum atomic E-state index is 12.1. The second-order valence-electron chi connectivity index (χ2n) is 5.04. The zero-order valence-electron chi connectivity index (χ0n) is 12.2. The van der Waals surface area contributed by atoms with Gasteiger partial charge in [0, 0.05) is 18.2 Å². The third-order valence-electron chi connectivity index (χ3n) is 2.87. The first-order valence-corrected chi connectivity index (χ1v) is 6.50. The van der Waals surface area contributed by atoms with Crippen LogP contribution < -0.4 is 10.6 Å². The van der Waals surface area contributed by atoms with Crippen molar-refractivity contribution in [1.29, 1.82) is 0 Å². The van der Waals surface area contributed by atoms with E-state index in [0.717, 1.165) is 0 Å². The first-order chi connectivity index (χ1) is 9.31. The molecule has 20 heavy (non-hydrogen) atoms. The van der Waals surface area contributed by atoms with Crippen LogP contribution in [0.4, 0.5) is 5.69 Å². The Balaban J connectivity index is 2.77. The molecule has 0 bridgehead atoms. The Morgan fingerprint density at radius 1 is 1.00 bits per heavy atom. The Kier molecular flexibility index (Phi) is 5.43. The second-order valence-corrected chi connectivity index (χ2v) is 5.04. The van der Waals surface area contributed by atoms with Crippen LogP contribution >= 0.6 is 0 Å². The Labute approximate surface area is 118 Å². The van der Waals surface area contributed by atoms with E-state index in [0.29, 0.717) is 11.3 Å². The van der Waals surface area contributed by atoms with Gasteiger partial charge in [0.15, 0.2) is 5.78 Å². The molecule has 0 aliphatic heterocycles. The van der Waals surface area contributed by atoms with E-state index in [-0.39, 0.29) is 23.5 Å². The van der Waals surface area contributed by atoms with Gasteiger partial charge in [-0.2, -0.15) is 0 Å². The smallest absolute Gasteiger partial charge is 0.247 e. The van der Waals surface area contributed by atoms with Crippen LogP contribution in [0.15, 0.2) is 24.3 Å². The summed E-state index contributed by atoms with van der Waals surface area (Å²) in [6, 6.07) is 6.06. The molecule has 2 amide bonds. The zero-order chi connectivity index (χ0) is 15.3. The second kappa shape index (κ2) is 6.84. The van der Waals surface area contributed by atoms with Gasteiger partial charge in [-0.1, -0.05) is 13.8 Å². The van der Waals surface area contributed by atoms with E-state index in [1.807, 2.05) is 13.8 Å². The summed E-state index contributed by atoms with van der Waals surface area (Å²) in [6.45, 7) is 6.58. The number of benzene rings is 1. The van der Waals surface area contributed by atoms with Crippen LogP contribution in [-0.2, 0) is 9.59 Å². The van der Waals surface area contributed by atoms with Gasteiger partial charge in [0.05, 0.1) is 0 Å². The molecule has 0 saturated carbocycles. The molecule has 108 valence electrons. The van der Waals surface area contributed by atoms with Crippen LogP contribution in [0.3, 0.4) is 0 Å². The van der Waals surface area contributed by atoms with Crippen molar-refractivity contribution in [2.75, 3.05) is 5.32 Å². The Morgan fingerprint density at radius 2 is 1.55 bits per heavy atom. The Hall–Kier alpha value is -2.17. The summed E-state index contributed by atoms with van der Waals surface area (Å²) < 4.78 is 0. The van der Waals surface area contributed by atoms with E-state index in [1.54, 1.807) is 24.3 Å². The molecule has 1 aromatic carbocycles. The molecule has 0 unspecified atom stereocenters. The first-order valence-electron chi connectivity index (χ1n) is 6.50. The summed E-state index contributed by atoms with van der Waals surface area (Å²) in [7, 11) is 0. The number of hydrogen-bond donors (Lipinski definition) is 2. The highest BCUT2D eigenvalue weighted by Crippen LogP contribution is 2.12. The van der Waals surface area contributed by atoms with E-state index < -0.39 is 6.04 Å². The molecule has 1 aromatic rings. The Bertz CT molecular complexity index is 506. The monoisotopic (exact) mass is 276 g/mol. The van der Waals surface area contributed by atoms with Crippen molar-refractivity contribution in [2.45, 2.75) is 33.7 Å². The van der Waals surface area contributed by atoms with Gasteiger partial charge in [-0.25, -0.2) is 0 Å². The predicted octanol–water partition coefficient (Wildman–Crippen LogP) is 1.99. The lowest BCUT2D eigenvalue weighted by Crippen LogP contribution is -2.46. The minimum absolute atomic E-state index is 0.0182. The van der Waals surface area contributed by atoms with Crippen LogP contribution in [0.25, 0.3) is 0 Å². The summed E-state index contributed by atoms with van der Waals surface area (Å²) in [6.07, 6.45) is 0. The number of nitrogens with one attached hydrogen (secondary N) is 2. The number of ketones is 1. The summed E-state index contributed by atoms with van der Waals surface area (Å²) in [4.78, 5) is 34.4. The molecular formula is C15H20N2O3. The molecule has 0 radical (unpaired) electrons. The first kappa shape index (κ1) is 15.9. The van der Waals surface area contributed by atoms with Gasteiger partial charge in [0.25, 0.3) is 0 Å². The van der Waals surface area contributed by atoms with Gasteiger partial charge < -0.3 is 10.6 Å². The van der Waals surface area contributed by atoms with Crippen molar-refractivity contribution in [3.05, 3.63) is 29.8 Å². The number of rotatable bonds is 5. The van der Waals surface area contributed by atoms with Crippen LogP contribution in [-0.4, -0.2) is 23.6 Å². The highest BCUT2D eigenvalue weighted by molar-refractivity contribution is 5.98. The lowest BCUT2D eigenvalue weighted by molar-refractivity contribution is -0.126. The van der Waals surface area contributed by atoms with Gasteiger partial charge in [-0.3, -0.25) is 14.4 Å². The summed E-state index contributed by atoms with van der Waals surface area (Å²) in [5.41, 5.74) is 1.18. The summed E-state index contributed by atoms with van der Waals surface area (Å²) in [5, 5.41) is 5.35. The largest absolute Gasteiger partial charge is 0.344 e. The number of carbonyl (C=O) groups excluding carboxylic acids is 3. The maximum absolute atomic E-state index is 12.1. The molecule has 0 aliphatic rings. The molecule has 0 aromatic heterocycles. The summed E-state index contributed by atoms with van der Waals surface area (Å²) >= 11 is 0. The topological polar surface area (TPSA) is 75.3 Å². The van der Waals surface area contributed by atoms with Crippen LogP contribution in [0.5, 0.6) is 0 Å². The average molecular weight is 276 g/mol. The summed E-state index contributed by atoms with van der Waals surface area (Å²) in [5.74, 6) is -0.562. The highest BCUT2D eigenvalue weighted by atomic mass is 16.2. The van der Waals surface area contributed by atoms with Gasteiger partial charge >= 0.3 is 0 Å². The van der Waals surface area contributed by atoms with Crippen molar-refractivity contribution in [3.63, 3.8) is 0 Å². The van der Waals surface area contributed by atoms with Crippen molar-refractivity contribution in [2.24, 2.45) is 5.92 Å². The van der Waals surface area contributed by atoms with Crippen molar-refractivity contribution < 1.29 is 14.4 Å². The lowest BCUT2D eigenvalue weighted by Gasteiger charge is -2.20. The van der Waals surface area contributed by atoms with Crippen molar-refractivity contribution in [3.8, 4) is 0 Å². The standard InChI is InChI=1S/C15H20N2O3/c1-9(2)14(16-11(4)19)15(20)17-13-7-5-12(6-8-13)10(3)18/h5-9,14H,1-4H3,(H,16,19)(H,17,20)/t14-/m1/s1. The van der Waals surface area contributed by atoms with Gasteiger partial charge in [0.2, 0.25) is 11.8 Å². The molecule has 5 nitrogen and oxygen atoms in total. The quantitative estimate of drug-likeness (QED) is 0.807. The van der Waals surface area contributed by atoms with E-state index in [9.17, 15) is 14.4 Å². The van der Waals surface area contributed by atoms with E-state index >= 15 is 0 Å². The van der Waals surface area contributed by atoms with E-state index in [4.69, 9.17) is 0 Å². The molecule has 1 atom stereocenters. The molecule has 0 fully saturated rings. The van der Waals surface area contributed by atoms with E-state index in [2.05, 4.69) is 10.6 Å². The number of carbonyl (C=O) groups is 3. The van der Waals surface area contributed by atoms with E-state index in [1.165, 1.54) is 13.8 Å². The van der Waals surface area contributed by atoms with Crippen molar-refractivity contribution >= 4 is 23.3 Å². The Morgan fingerprint density at radius 3 is 1.95 bits per heavy atom. The molecule has 5 heteroatoms. The minimum atomic E-state index is -0.583. The maximum Gasteiger partial charge on any atom is 0.247 e. The number of hydrogen-bond acceptors (Lipinski definition) is 3. The highest BCUT2D eigenvalue weighted by Gasteiger charge is 2.22. The van der Waals surface area contributed by atoms with Crippen LogP contribution in [0, 0.1) is 5.92 Å². The molecule has 0 heterocycles. The lowest BCUT2D eigenvalue weighted by atomic mass is 10.0. The fourth-order valence-electron chi connectivity index (χ4n) is 1.76. The third-order valence-corrected chi connectivity index (χ3v) is 2.87. The predicted molar refractivity (Wildman–Crippen MR) is 77.5 cm³/mol. The molecular weight excluding hydrogens is 256 g/mol. The minimum Gasteiger partial charge on any atom is -0.344 e. The van der Waals surface area contributed by atoms with Crippen LogP contribution in [0.1, 0.15) is 38.1 Å². The van der Waals surface area contributed by atoms with Crippen LogP contribution in [0.2, 0.25) is 0 Å². The molecule has 1 rings (SSSR count). The normalized spacial score (nSPS) is 11.8. The van der Waals surface area contributed by atoms with Gasteiger partial charge in [-0.05, 0) is 37.1 Å². The van der Waals surface area contributed by atoms with Crippen molar-refractivity contribution in [1.82, 2.24) is 5.32 Å². The molecule has 0 aliphatic carbocycles. The molecule has 0 spiro atoms. The fourth-order valence-corrected chi connectivity index (χ4v) is 1.76. The molecule has 2 N–H and O–H groups in total. The molecule has 0 saturated heterocycles. The SMILES string of the molecule is CC(=O)N[C@@H](C(=O)Nc1ccc(C(C)=O)cc1)C(C)C. The van der Waals surface area contributed by atoms with Gasteiger partial charge in [0.1, 0.15) is 6.04 Å². The van der Waals surface area contributed by atoms with Gasteiger partial charge in [-0.15, -0.1) is 0 Å². The zero-order valence-corrected chi connectivity index (χ0v) is 12.2. The fraction of sp³-hybridized carbons (Fsp3) is 0.400. The number of anilines is 1. The number of amides is 2.